The van der Waals surface area contributed by atoms with Crippen LogP contribution in [0.15, 0.2) is 52.4 Å². The number of carbonyl (C=O) groups is 1. The molecule has 144 valence electrons. The highest BCUT2D eigenvalue weighted by atomic mass is 19.1. The number of halogens is 1. The summed E-state index contributed by atoms with van der Waals surface area (Å²) in [7, 11) is 0. The third-order valence-electron chi connectivity index (χ3n) is 4.24. The van der Waals surface area contributed by atoms with Crippen molar-refractivity contribution in [2.24, 2.45) is 9.98 Å². The molecule has 1 amide bonds. The van der Waals surface area contributed by atoms with Crippen LogP contribution >= 0.6 is 0 Å². The first-order valence-corrected chi connectivity index (χ1v) is 8.99. The van der Waals surface area contributed by atoms with Crippen LogP contribution in [-0.2, 0) is 0 Å². The zero-order chi connectivity index (χ0) is 19.3. The van der Waals surface area contributed by atoms with E-state index in [9.17, 15) is 9.18 Å². The van der Waals surface area contributed by atoms with E-state index in [2.05, 4.69) is 36.6 Å². The standard InChI is InChI=1S/C19H20FN7O/c20-15-11-14(26-19-23-9-10-24-19)5-6-16(15)27-17(28)12-1-3-13(4-2-12)25-18-21-7-8-22-18/h1-6,11H,7-10H2,(H,27,28)(H2,21,22,25)(H2,23,24,26). The minimum absolute atomic E-state index is 0.114. The molecule has 0 spiro atoms. The van der Waals surface area contributed by atoms with Crippen molar-refractivity contribution in [2.75, 3.05) is 42.1 Å². The van der Waals surface area contributed by atoms with E-state index in [-0.39, 0.29) is 11.6 Å². The highest BCUT2D eigenvalue weighted by molar-refractivity contribution is 6.05. The largest absolute Gasteiger partial charge is 0.354 e. The molecule has 0 radical (unpaired) electrons. The van der Waals surface area contributed by atoms with Gasteiger partial charge in [0.05, 0.1) is 18.8 Å². The van der Waals surface area contributed by atoms with E-state index in [1.54, 1.807) is 30.3 Å². The number of anilines is 3. The molecular formula is C19H20FN7O. The summed E-state index contributed by atoms with van der Waals surface area (Å²) in [6, 6.07) is 11.4. The van der Waals surface area contributed by atoms with Crippen LogP contribution in [0.4, 0.5) is 21.5 Å². The summed E-state index contributed by atoms with van der Waals surface area (Å²) >= 11 is 0. The van der Waals surface area contributed by atoms with E-state index < -0.39 is 5.82 Å². The van der Waals surface area contributed by atoms with Crippen molar-refractivity contribution in [2.45, 2.75) is 0 Å². The Morgan fingerprint density at radius 3 is 2.07 bits per heavy atom. The lowest BCUT2D eigenvalue weighted by Crippen LogP contribution is -2.26. The Labute approximate surface area is 161 Å². The highest BCUT2D eigenvalue weighted by Crippen LogP contribution is 2.20. The van der Waals surface area contributed by atoms with E-state index in [1.807, 2.05) is 0 Å². The lowest BCUT2D eigenvalue weighted by molar-refractivity contribution is 0.102. The molecule has 0 aromatic heterocycles. The Morgan fingerprint density at radius 1 is 0.893 bits per heavy atom. The van der Waals surface area contributed by atoms with Gasteiger partial charge in [0.1, 0.15) is 5.82 Å². The normalized spacial score (nSPS) is 15.2. The van der Waals surface area contributed by atoms with Crippen molar-refractivity contribution in [3.63, 3.8) is 0 Å². The average molecular weight is 381 g/mol. The smallest absolute Gasteiger partial charge is 0.255 e. The van der Waals surface area contributed by atoms with Crippen LogP contribution in [0.2, 0.25) is 0 Å². The minimum Gasteiger partial charge on any atom is -0.354 e. The van der Waals surface area contributed by atoms with E-state index in [0.29, 0.717) is 29.7 Å². The monoisotopic (exact) mass is 381 g/mol. The second-order valence-electron chi connectivity index (χ2n) is 6.29. The van der Waals surface area contributed by atoms with Crippen LogP contribution in [-0.4, -0.2) is 44.0 Å². The number of hydrogen-bond acceptors (Lipinski definition) is 7. The molecular weight excluding hydrogens is 361 g/mol. The molecule has 2 aliphatic heterocycles. The highest BCUT2D eigenvalue weighted by Gasteiger charge is 2.12. The fourth-order valence-corrected chi connectivity index (χ4v) is 2.83. The van der Waals surface area contributed by atoms with E-state index in [4.69, 9.17) is 0 Å². The summed E-state index contributed by atoms with van der Waals surface area (Å²) in [4.78, 5) is 20.9. The van der Waals surface area contributed by atoms with Gasteiger partial charge < -0.3 is 26.6 Å². The van der Waals surface area contributed by atoms with Gasteiger partial charge in [0.2, 0.25) is 0 Å². The van der Waals surface area contributed by atoms with Gasteiger partial charge in [0.25, 0.3) is 5.91 Å². The summed E-state index contributed by atoms with van der Waals surface area (Å²) < 4.78 is 14.3. The molecule has 0 fully saturated rings. The summed E-state index contributed by atoms with van der Waals surface area (Å²) in [5.41, 5.74) is 1.92. The average Bonchev–Trinajstić information content (AvgIpc) is 3.39. The Balaban J connectivity index is 1.38. The summed E-state index contributed by atoms with van der Waals surface area (Å²) in [5.74, 6) is 0.417. The Bertz CT molecular complexity index is 940. The first-order valence-electron chi connectivity index (χ1n) is 8.99. The second-order valence-corrected chi connectivity index (χ2v) is 6.29. The van der Waals surface area contributed by atoms with Crippen molar-refractivity contribution in [3.8, 4) is 0 Å². The van der Waals surface area contributed by atoms with Crippen LogP contribution in [0.25, 0.3) is 0 Å². The molecule has 4 rings (SSSR count). The molecule has 0 saturated heterocycles. The first kappa shape index (κ1) is 17.8. The summed E-state index contributed by atoms with van der Waals surface area (Å²) in [5, 5.41) is 14.9. The molecule has 0 saturated carbocycles. The fraction of sp³-hybridized carbons (Fsp3) is 0.211. The number of benzene rings is 2. The molecule has 0 atom stereocenters. The minimum atomic E-state index is -0.527. The quantitative estimate of drug-likeness (QED) is 0.556. The lowest BCUT2D eigenvalue weighted by Gasteiger charge is -2.11. The maximum absolute atomic E-state index is 14.3. The van der Waals surface area contributed by atoms with Gasteiger partial charge in [-0.15, -0.1) is 0 Å². The van der Waals surface area contributed by atoms with Crippen LogP contribution in [0.3, 0.4) is 0 Å². The predicted molar refractivity (Wildman–Crippen MR) is 109 cm³/mol. The maximum Gasteiger partial charge on any atom is 0.255 e. The zero-order valence-corrected chi connectivity index (χ0v) is 15.1. The molecule has 2 aromatic carbocycles. The third kappa shape index (κ3) is 4.20. The molecule has 0 unspecified atom stereocenters. The Hall–Kier alpha value is -3.62. The number of amides is 1. The van der Waals surface area contributed by atoms with E-state index in [1.165, 1.54) is 12.1 Å². The molecule has 0 aliphatic carbocycles. The molecule has 5 N–H and O–H groups in total. The van der Waals surface area contributed by atoms with Crippen molar-refractivity contribution < 1.29 is 9.18 Å². The van der Waals surface area contributed by atoms with Gasteiger partial charge in [-0.1, -0.05) is 0 Å². The predicted octanol–water partition coefficient (Wildman–Crippen LogP) is 1.82. The van der Waals surface area contributed by atoms with Gasteiger partial charge in [-0.3, -0.25) is 14.8 Å². The number of carbonyl (C=O) groups excluding carboxylic acids is 1. The lowest BCUT2D eigenvalue weighted by atomic mass is 10.2. The first-order chi connectivity index (χ1) is 13.7. The third-order valence-corrected chi connectivity index (χ3v) is 4.24. The van der Waals surface area contributed by atoms with Crippen molar-refractivity contribution in [1.82, 2.24) is 10.6 Å². The SMILES string of the molecule is O=C(Nc1ccc(NC2=NCCN2)cc1F)c1ccc(NC2=NCCN2)cc1. The molecule has 28 heavy (non-hydrogen) atoms. The number of hydrogen-bond donors (Lipinski definition) is 5. The topological polar surface area (TPSA) is 102 Å². The van der Waals surface area contributed by atoms with Crippen molar-refractivity contribution in [3.05, 3.63) is 53.8 Å². The Morgan fingerprint density at radius 2 is 1.50 bits per heavy atom. The van der Waals surface area contributed by atoms with Gasteiger partial charge in [-0.25, -0.2) is 4.39 Å². The van der Waals surface area contributed by atoms with Gasteiger partial charge in [0.15, 0.2) is 11.9 Å². The molecule has 9 heteroatoms. The van der Waals surface area contributed by atoms with Crippen molar-refractivity contribution in [1.29, 1.82) is 0 Å². The van der Waals surface area contributed by atoms with Crippen LogP contribution in [0.1, 0.15) is 10.4 Å². The molecule has 0 bridgehead atoms. The van der Waals surface area contributed by atoms with Gasteiger partial charge in [-0.05, 0) is 42.5 Å². The zero-order valence-electron chi connectivity index (χ0n) is 15.1. The maximum atomic E-state index is 14.3. The number of nitrogens with one attached hydrogen (secondary N) is 5. The number of nitrogens with zero attached hydrogens (tertiary/aromatic N) is 2. The second kappa shape index (κ2) is 7.95. The molecule has 2 aromatic rings. The molecule has 2 heterocycles. The van der Waals surface area contributed by atoms with Crippen molar-refractivity contribution >= 4 is 34.9 Å². The number of aliphatic imine (C=N–C) groups is 2. The van der Waals surface area contributed by atoms with Gasteiger partial charge in [-0.2, -0.15) is 0 Å². The Kier molecular flexibility index (Phi) is 5.05. The molecule has 2 aliphatic rings. The number of rotatable bonds is 4. The van der Waals surface area contributed by atoms with Crippen LogP contribution in [0.5, 0.6) is 0 Å². The van der Waals surface area contributed by atoms with Gasteiger partial charge in [0, 0.05) is 30.0 Å². The summed E-state index contributed by atoms with van der Waals surface area (Å²) in [6.45, 7) is 3.01. The number of guanidine groups is 2. The van der Waals surface area contributed by atoms with Gasteiger partial charge >= 0.3 is 0 Å². The fourth-order valence-electron chi connectivity index (χ4n) is 2.83. The summed E-state index contributed by atoms with van der Waals surface area (Å²) in [6.07, 6.45) is 0. The van der Waals surface area contributed by atoms with E-state index in [0.717, 1.165) is 25.3 Å². The van der Waals surface area contributed by atoms with E-state index >= 15 is 0 Å². The van der Waals surface area contributed by atoms with Crippen LogP contribution in [0, 0.1) is 5.82 Å². The van der Waals surface area contributed by atoms with Crippen LogP contribution < -0.4 is 26.6 Å². The molecule has 8 nitrogen and oxygen atoms in total.